The van der Waals surface area contributed by atoms with Crippen molar-refractivity contribution < 1.29 is 9.90 Å². The number of hydrogen-bond donors (Lipinski definition) is 2. The monoisotopic (exact) mass is 223 g/mol. The molecule has 0 spiro atoms. The van der Waals surface area contributed by atoms with Crippen LogP contribution in [0.1, 0.15) is 6.42 Å². The largest absolute Gasteiger partial charge is 0.508 e. The van der Waals surface area contributed by atoms with Gasteiger partial charge in [0.25, 0.3) is 0 Å². The Kier molecular flexibility index (Phi) is 3.16. The van der Waals surface area contributed by atoms with Crippen molar-refractivity contribution in [1.29, 1.82) is 0 Å². The highest BCUT2D eigenvalue weighted by Crippen LogP contribution is 2.25. The highest BCUT2D eigenvalue weighted by atomic mass is 32.2. The number of benzene rings is 1. The van der Waals surface area contributed by atoms with Crippen LogP contribution in [0, 0.1) is 5.92 Å². The third-order valence-corrected chi connectivity index (χ3v) is 3.58. The highest BCUT2D eigenvalue weighted by Gasteiger charge is 2.22. The Morgan fingerprint density at radius 1 is 1.53 bits per heavy atom. The smallest absolute Gasteiger partial charge is 0.228 e. The summed E-state index contributed by atoms with van der Waals surface area (Å²) in [7, 11) is 0. The molecule has 2 N–H and O–H groups in total. The molecule has 0 radical (unpaired) electrons. The van der Waals surface area contributed by atoms with E-state index < -0.39 is 0 Å². The molecule has 3 nitrogen and oxygen atoms in total. The highest BCUT2D eigenvalue weighted by molar-refractivity contribution is 7.99. The van der Waals surface area contributed by atoms with Gasteiger partial charge in [-0.15, -0.1) is 0 Å². The maximum Gasteiger partial charge on any atom is 0.228 e. The first-order valence-corrected chi connectivity index (χ1v) is 6.09. The summed E-state index contributed by atoms with van der Waals surface area (Å²) in [5.41, 5.74) is 0.664. The van der Waals surface area contributed by atoms with Gasteiger partial charge < -0.3 is 10.4 Å². The van der Waals surface area contributed by atoms with Gasteiger partial charge in [-0.3, -0.25) is 4.79 Å². The number of hydrogen-bond acceptors (Lipinski definition) is 3. The van der Waals surface area contributed by atoms with Crippen LogP contribution in [0.2, 0.25) is 0 Å². The van der Waals surface area contributed by atoms with E-state index in [2.05, 4.69) is 5.32 Å². The van der Waals surface area contributed by atoms with Gasteiger partial charge in [0.2, 0.25) is 5.91 Å². The minimum absolute atomic E-state index is 0.0607. The lowest BCUT2D eigenvalue weighted by molar-refractivity contribution is -0.119. The number of carbonyl (C=O) groups excluding carboxylic acids is 1. The van der Waals surface area contributed by atoms with Gasteiger partial charge in [0, 0.05) is 23.4 Å². The van der Waals surface area contributed by atoms with Gasteiger partial charge in [-0.1, -0.05) is 6.07 Å². The fraction of sp³-hybridized carbons (Fsp3) is 0.364. The molecule has 1 saturated heterocycles. The number of amides is 1. The lowest BCUT2D eigenvalue weighted by atomic mass is 10.1. The number of rotatable bonds is 2. The summed E-state index contributed by atoms with van der Waals surface area (Å²) >= 11 is 1.81. The van der Waals surface area contributed by atoms with E-state index in [1.54, 1.807) is 24.3 Å². The van der Waals surface area contributed by atoms with Crippen molar-refractivity contribution in [3.8, 4) is 5.75 Å². The van der Waals surface area contributed by atoms with Gasteiger partial charge in [0.1, 0.15) is 5.75 Å². The maximum absolute atomic E-state index is 11.7. The molecule has 0 aromatic heterocycles. The number of aromatic hydroxyl groups is 1. The number of thioether (sulfide) groups is 1. The molecule has 1 heterocycles. The van der Waals surface area contributed by atoms with Crippen LogP contribution in [0.5, 0.6) is 5.75 Å². The van der Waals surface area contributed by atoms with Crippen molar-refractivity contribution >= 4 is 23.4 Å². The number of anilines is 1. The quantitative estimate of drug-likeness (QED) is 0.807. The molecule has 1 fully saturated rings. The average Bonchev–Trinajstić information content (AvgIpc) is 2.70. The van der Waals surface area contributed by atoms with E-state index in [1.165, 1.54) is 0 Å². The molecular formula is C11H13NO2S. The van der Waals surface area contributed by atoms with Crippen molar-refractivity contribution in [2.24, 2.45) is 5.92 Å². The van der Waals surface area contributed by atoms with Crippen molar-refractivity contribution in [1.82, 2.24) is 0 Å². The average molecular weight is 223 g/mol. The molecule has 80 valence electrons. The Morgan fingerprint density at radius 3 is 3.07 bits per heavy atom. The van der Waals surface area contributed by atoms with E-state index in [0.29, 0.717) is 5.69 Å². The standard InChI is InChI=1S/C11H13NO2S/c13-10-3-1-2-9(6-10)12-11(14)8-4-5-15-7-8/h1-3,6,8,13H,4-5,7H2,(H,12,14). The third kappa shape index (κ3) is 2.65. The van der Waals surface area contributed by atoms with Crippen LogP contribution in [-0.4, -0.2) is 22.5 Å². The van der Waals surface area contributed by atoms with Gasteiger partial charge in [0.15, 0.2) is 0 Å². The molecule has 1 aromatic rings. The summed E-state index contributed by atoms with van der Waals surface area (Å²) in [6.45, 7) is 0. The number of nitrogens with one attached hydrogen (secondary N) is 1. The zero-order chi connectivity index (χ0) is 10.7. The second-order valence-electron chi connectivity index (χ2n) is 3.60. The molecule has 0 aliphatic carbocycles. The summed E-state index contributed by atoms with van der Waals surface area (Å²) in [5.74, 6) is 2.33. The van der Waals surface area contributed by atoms with Gasteiger partial charge in [0.05, 0.1) is 0 Å². The molecule has 15 heavy (non-hydrogen) atoms. The number of carbonyl (C=O) groups is 1. The van der Waals surface area contributed by atoms with E-state index in [9.17, 15) is 9.90 Å². The minimum Gasteiger partial charge on any atom is -0.508 e. The van der Waals surface area contributed by atoms with Gasteiger partial charge in [-0.25, -0.2) is 0 Å². The fourth-order valence-electron chi connectivity index (χ4n) is 1.57. The zero-order valence-electron chi connectivity index (χ0n) is 8.27. The second kappa shape index (κ2) is 4.57. The Hall–Kier alpha value is -1.16. The normalized spacial score (nSPS) is 20.1. The van der Waals surface area contributed by atoms with Crippen LogP contribution in [0.25, 0.3) is 0 Å². The van der Waals surface area contributed by atoms with E-state index in [0.717, 1.165) is 17.9 Å². The molecule has 1 aromatic carbocycles. The Labute approximate surface area is 92.9 Å². The lowest BCUT2D eigenvalue weighted by Gasteiger charge is -2.09. The van der Waals surface area contributed by atoms with Crippen LogP contribution in [-0.2, 0) is 4.79 Å². The van der Waals surface area contributed by atoms with Crippen LogP contribution in [0.3, 0.4) is 0 Å². The molecule has 4 heteroatoms. The summed E-state index contributed by atoms with van der Waals surface area (Å²) < 4.78 is 0. The molecule has 1 atom stereocenters. The first kappa shape index (κ1) is 10.4. The Bertz CT molecular complexity index is 361. The van der Waals surface area contributed by atoms with Crippen LogP contribution >= 0.6 is 11.8 Å². The predicted molar refractivity (Wildman–Crippen MR) is 62.2 cm³/mol. The Morgan fingerprint density at radius 2 is 2.40 bits per heavy atom. The Balaban J connectivity index is 1.99. The number of phenolic OH excluding ortho intramolecular Hbond substituents is 1. The summed E-state index contributed by atoms with van der Waals surface area (Å²) in [5, 5.41) is 12.0. The summed E-state index contributed by atoms with van der Waals surface area (Å²) in [4.78, 5) is 11.7. The van der Waals surface area contributed by atoms with E-state index >= 15 is 0 Å². The third-order valence-electron chi connectivity index (χ3n) is 2.41. The first-order chi connectivity index (χ1) is 7.25. The summed E-state index contributed by atoms with van der Waals surface area (Å²) in [6, 6.07) is 6.63. The van der Waals surface area contributed by atoms with Crippen LogP contribution in [0.4, 0.5) is 5.69 Å². The van der Waals surface area contributed by atoms with Gasteiger partial charge >= 0.3 is 0 Å². The molecule has 2 rings (SSSR count). The maximum atomic E-state index is 11.7. The van der Waals surface area contributed by atoms with Crippen molar-refractivity contribution in [2.75, 3.05) is 16.8 Å². The van der Waals surface area contributed by atoms with Crippen LogP contribution in [0.15, 0.2) is 24.3 Å². The van der Waals surface area contributed by atoms with Crippen molar-refractivity contribution in [3.05, 3.63) is 24.3 Å². The van der Waals surface area contributed by atoms with Crippen molar-refractivity contribution in [3.63, 3.8) is 0 Å². The second-order valence-corrected chi connectivity index (χ2v) is 4.75. The van der Waals surface area contributed by atoms with Crippen molar-refractivity contribution in [2.45, 2.75) is 6.42 Å². The number of phenols is 1. The lowest BCUT2D eigenvalue weighted by Crippen LogP contribution is -2.22. The van der Waals surface area contributed by atoms with Gasteiger partial charge in [-0.2, -0.15) is 11.8 Å². The molecule has 0 bridgehead atoms. The molecule has 0 saturated carbocycles. The van der Waals surface area contributed by atoms with E-state index in [4.69, 9.17) is 0 Å². The van der Waals surface area contributed by atoms with E-state index in [-0.39, 0.29) is 17.6 Å². The minimum atomic E-state index is 0.0607. The fourth-order valence-corrected chi connectivity index (χ4v) is 2.79. The molecular weight excluding hydrogens is 210 g/mol. The molecule has 1 aliphatic heterocycles. The molecule has 1 amide bonds. The van der Waals surface area contributed by atoms with E-state index in [1.807, 2.05) is 11.8 Å². The SMILES string of the molecule is O=C(Nc1cccc(O)c1)C1CCSC1. The zero-order valence-corrected chi connectivity index (χ0v) is 9.09. The molecule has 1 aliphatic rings. The van der Waals surface area contributed by atoms with Gasteiger partial charge in [-0.05, 0) is 24.3 Å². The first-order valence-electron chi connectivity index (χ1n) is 4.93. The van der Waals surface area contributed by atoms with Crippen LogP contribution < -0.4 is 5.32 Å². The topological polar surface area (TPSA) is 49.3 Å². The predicted octanol–water partition coefficient (Wildman–Crippen LogP) is 2.08. The molecule has 1 unspecified atom stereocenters. The summed E-state index contributed by atoms with van der Waals surface area (Å²) in [6.07, 6.45) is 0.954.